The Kier molecular flexibility index (Phi) is 10.4. The Labute approximate surface area is 258 Å². The van der Waals surface area contributed by atoms with Gasteiger partial charge >= 0.3 is 5.97 Å². The Morgan fingerprint density at radius 1 is 1.05 bits per heavy atom. The van der Waals surface area contributed by atoms with Crippen LogP contribution in [0.25, 0.3) is 0 Å². The van der Waals surface area contributed by atoms with E-state index in [-0.39, 0.29) is 17.6 Å². The van der Waals surface area contributed by atoms with Crippen molar-refractivity contribution in [3.8, 4) is 0 Å². The van der Waals surface area contributed by atoms with Crippen LogP contribution >= 0.6 is 35.3 Å². The Bertz CT molecular complexity index is 1520. The molecule has 0 aliphatic carbocycles. The van der Waals surface area contributed by atoms with Gasteiger partial charge in [0.15, 0.2) is 10.9 Å². The summed E-state index contributed by atoms with van der Waals surface area (Å²) in [6.45, 7) is 5.89. The number of rotatable bonds is 9. The largest absolute Gasteiger partial charge is 0.465 e. The minimum absolute atomic E-state index is 0.00458. The third-order valence-electron chi connectivity index (χ3n) is 6.71. The molecular formula is C30H32N4O5S3. The Morgan fingerprint density at radius 3 is 2.40 bits per heavy atom. The molecule has 1 atom stereocenters. The number of hydrogen-bond donors (Lipinski definition) is 3. The number of Topliss-reactive ketones (excluding diaryl/α,β-unsaturated/α-hetero) is 1. The number of nitrogens with one attached hydrogen (secondary N) is 3. The normalized spacial score (nSPS) is 13.0. The summed E-state index contributed by atoms with van der Waals surface area (Å²) in [4.78, 5) is 53.0. The van der Waals surface area contributed by atoms with Gasteiger partial charge in [0, 0.05) is 40.2 Å². The van der Waals surface area contributed by atoms with E-state index in [9.17, 15) is 19.2 Å². The van der Waals surface area contributed by atoms with Gasteiger partial charge in [0.25, 0.3) is 0 Å². The van der Waals surface area contributed by atoms with E-state index in [4.69, 9.17) is 17.0 Å². The van der Waals surface area contributed by atoms with E-state index in [2.05, 4.69) is 16.0 Å². The summed E-state index contributed by atoms with van der Waals surface area (Å²) in [7, 11) is 1.32. The molecule has 3 aromatic rings. The van der Waals surface area contributed by atoms with Crippen LogP contribution in [0.4, 0.5) is 16.4 Å². The van der Waals surface area contributed by atoms with Crippen LogP contribution in [-0.4, -0.2) is 52.5 Å². The number of ether oxygens (including phenoxy) is 1. The third kappa shape index (κ3) is 7.55. The van der Waals surface area contributed by atoms with Crippen LogP contribution in [0.1, 0.15) is 58.3 Å². The van der Waals surface area contributed by atoms with Crippen molar-refractivity contribution >= 4 is 80.4 Å². The number of esters is 1. The molecule has 1 aliphatic rings. The van der Waals surface area contributed by atoms with Crippen LogP contribution in [0.3, 0.4) is 0 Å². The summed E-state index contributed by atoms with van der Waals surface area (Å²) in [5.74, 6) is -0.759. The summed E-state index contributed by atoms with van der Waals surface area (Å²) < 4.78 is 5.03. The molecule has 220 valence electrons. The van der Waals surface area contributed by atoms with Crippen LogP contribution in [0.15, 0.2) is 53.4 Å². The molecule has 0 fully saturated rings. The van der Waals surface area contributed by atoms with Gasteiger partial charge in [0.2, 0.25) is 11.8 Å². The first kappa shape index (κ1) is 31.2. The minimum Gasteiger partial charge on any atom is -0.465 e. The lowest BCUT2D eigenvalue weighted by Crippen LogP contribution is -2.34. The van der Waals surface area contributed by atoms with Crippen LogP contribution < -0.4 is 16.0 Å². The minimum atomic E-state index is -0.502. The Balaban J connectivity index is 1.43. The molecule has 12 heteroatoms. The van der Waals surface area contributed by atoms with Crippen molar-refractivity contribution in [2.75, 3.05) is 29.6 Å². The van der Waals surface area contributed by atoms with Crippen molar-refractivity contribution < 1.29 is 23.9 Å². The molecule has 3 N–H and O–H groups in total. The van der Waals surface area contributed by atoms with Gasteiger partial charge in [-0.15, -0.1) is 23.1 Å². The lowest BCUT2D eigenvalue weighted by molar-refractivity contribution is -0.129. The zero-order valence-electron chi connectivity index (χ0n) is 23.7. The molecule has 0 saturated carbocycles. The number of amides is 2. The number of anilines is 3. The fraction of sp³-hybridized carbons (Fsp3) is 0.300. The highest BCUT2D eigenvalue weighted by atomic mass is 32.2. The maximum Gasteiger partial charge on any atom is 0.341 e. The van der Waals surface area contributed by atoms with Crippen molar-refractivity contribution in [1.82, 2.24) is 4.90 Å². The quantitative estimate of drug-likeness (QED) is 0.115. The van der Waals surface area contributed by atoms with Crippen molar-refractivity contribution in [2.45, 2.75) is 50.3 Å². The molecule has 1 unspecified atom stereocenters. The van der Waals surface area contributed by atoms with Gasteiger partial charge < -0.3 is 25.6 Å². The first-order chi connectivity index (χ1) is 20.1. The summed E-state index contributed by atoms with van der Waals surface area (Å²) >= 11 is 8.18. The van der Waals surface area contributed by atoms with E-state index in [0.717, 1.165) is 26.7 Å². The highest BCUT2D eigenvalue weighted by Crippen LogP contribution is 2.38. The van der Waals surface area contributed by atoms with E-state index in [1.165, 1.54) is 44.1 Å². The standard InChI is InChI=1S/C30H32N4O5S3/c1-5-24(27(37)33-28-26(29(38)39-4)23-13-14-34(18(3)36)16-25(23)42-28)41-22-8-6-7-21(15-22)32-30(40)31-20-11-9-19(10-12-20)17(2)35/h6-12,15,24H,5,13-14,16H2,1-4H3,(H,33,37)(H2,31,32,40). The fourth-order valence-corrected chi connectivity index (χ4v) is 6.99. The molecule has 9 nitrogen and oxygen atoms in total. The molecule has 4 rings (SSSR count). The van der Waals surface area contributed by atoms with E-state index >= 15 is 0 Å². The van der Waals surface area contributed by atoms with Crippen molar-refractivity contribution in [3.63, 3.8) is 0 Å². The van der Waals surface area contributed by atoms with E-state index in [0.29, 0.717) is 47.2 Å². The van der Waals surface area contributed by atoms with Gasteiger partial charge in [-0.05, 0) is 80.0 Å². The summed E-state index contributed by atoms with van der Waals surface area (Å²) in [5, 5.41) is 9.64. The number of thioether (sulfide) groups is 1. The molecule has 0 radical (unpaired) electrons. The topological polar surface area (TPSA) is 117 Å². The molecule has 2 amide bonds. The molecule has 1 aromatic heterocycles. The van der Waals surface area contributed by atoms with E-state index in [1.54, 1.807) is 29.2 Å². The van der Waals surface area contributed by atoms with Crippen molar-refractivity contribution in [1.29, 1.82) is 0 Å². The summed E-state index contributed by atoms with van der Waals surface area (Å²) in [5.41, 5.74) is 3.33. The molecule has 42 heavy (non-hydrogen) atoms. The smallest absolute Gasteiger partial charge is 0.341 e. The first-order valence-electron chi connectivity index (χ1n) is 13.3. The number of thiophene rings is 1. The second-order valence-corrected chi connectivity index (χ2v) is 12.4. The van der Waals surface area contributed by atoms with Crippen molar-refractivity contribution in [2.24, 2.45) is 0 Å². The summed E-state index contributed by atoms with van der Waals surface area (Å²) in [6, 6.07) is 14.6. The maximum absolute atomic E-state index is 13.4. The molecule has 0 bridgehead atoms. The molecule has 0 saturated heterocycles. The maximum atomic E-state index is 13.4. The monoisotopic (exact) mass is 624 g/mol. The number of carbonyl (C=O) groups is 4. The van der Waals surface area contributed by atoms with Crippen LogP contribution in [0.2, 0.25) is 0 Å². The average Bonchev–Trinajstić information content (AvgIpc) is 3.32. The van der Waals surface area contributed by atoms with Gasteiger partial charge in [-0.1, -0.05) is 13.0 Å². The van der Waals surface area contributed by atoms with Gasteiger partial charge in [-0.3, -0.25) is 14.4 Å². The molecule has 0 spiro atoms. The Morgan fingerprint density at radius 2 is 1.76 bits per heavy atom. The SMILES string of the molecule is CCC(Sc1cccc(NC(=S)Nc2ccc(C(C)=O)cc2)c1)C(=O)Nc1sc2c(c1C(=O)OC)CCN(C(C)=O)C2. The number of hydrogen-bond acceptors (Lipinski definition) is 8. The van der Waals surface area contributed by atoms with Gasteiger partial charge in [0.05, 0.1) is 24.5 Å². The second-order valence-electron chi connectivity index (χ2n) is 9.63. The predicted molar refractivity (Wildman–Crippen MR) is 172 cm³/mol. The van der Waals surface area contributed by atoms with Crippen LogP contribution in [-0.2, 0) is 27.3 Å². The number of nitrogens with zero attached hydrogens (tertiary/aromatic N) is 1. The molecule has 1 aliphatic heterocycles. The molecule has 2 heterocycles. The lowest BCUT2D eigenvalue weighted by atomic mass is 10.0. The highest BCUT2D eigenvalue weighted by molar-refractivity contribution is 8.00. The highest BCUT2D eigenvalue weighted by Gasteiger charge is 2.31. The number of methoxy groups -OCH3 is 1. The fourth-order valence-electron chi connectivity index (χ4n) is 4.49. The van der Waals surface area contributed by atoms with E-state index in [1.807, 2.05) is 31.2 Å². The zero-order valence-corrected chi connectivity index (χ0v) is 26.2. The van der Waals surface area contributed by atoms with Crippen LogP contribution in [0.5, 0.6) is 0 Å². The third-order valence-corrected chi connectivity index (χ3v) is 9.41. The number of carbonyl (C=O) groups excluding carboxylic acids is 4. The van der Waals surface area contributed by atoms with E-state index < -0.39 is 11.2 Å². The van der Waals surface area contributed by atoms with Gasteiger partial charge in [-0.25, -0.2) is 4.79 Å². The average molecular weight is 625 g/mol. The first-order valence-corrected chi connectivity index (χ1v) is 15.4. The van der Waals surface area contributed by atoms with Crippen molar-refractivity contribution in [3.05, 3.63) is 70.1 Å². The lowest BCUT2D eigenvalue weighted by Gasteiger charge is -2.25. The second kappa shape index (κ2) is 14.0. The van der Waals surface area contributed by atoms with Gasteiger partial charge in [-0.2, -0.15) is 0 Å². The van der Waals surface area contributed by atoms with Crippen LogP contribution in [0, 0.1) is 0 Å². The number of ketones is 1. The molecule has 2 aromatic carbocycles. The summed E-state index contributed by atoms with van der Waals surface area (Å²) in [6.07, 6.45) is 1.08. The zero-order chi connectivity index (χ0) is 30.4. The number of benzene rings is 2. The number of fused-ring (bicyclic) bond motifs is 1. The molecular weight excluding hydrogens is 593 g/mol. The Hall–Kier alpha value is -3.74. The predicted octanol–water partition coefficient (Wildman–Crippen LogP) is 5.96. The van der Waals surface area contributed by atoms with Gasteiger partial charge in [0.1, 0.15) is 5.00 Å². The number of thiocarbonyl (C=S) groups is 1.